The van der Waals surface area contributed by atoms with Crippen LogP contribution in [0.5, 0.6) is 5.75 Å². The lowest BCUT2D eigenvalue weighted by molar-refractivity contribution is -0.122. The fourth-order valence-electron chi connectivity index (χ4n) is 4.28. The number of ether oxygens (including phenoxy) is 1. The van der Waals surface area contributed by atoms with Crippen molar-refractivity contribution in [3.05, 3.63) is 83.4 Å². The summed E-state index contributed by atoms with van der Waals surface area (Å²) in [5.74, 6) is -0.369. The van der Waals surface area contributed by atoms with Crippen molar-refractivity contribution in [2.24, 2.45) is 0 Å². The number of rotatable bonds is 4. The van der Waals surface area contributed by atoms with E-state index in [-0.39, 0.29) is 36.6 Å². The molecule has 2 atom stereocenters. The summed E-state index contributed by atoms with van der Waals surface area (Å²) >= 11 is 0. The fourth-order valence-corrected chi connectivity index (χ4v) is 4.28. The van der Waals surface area contributed by atoms with Crippen LogP contribution in [0, 0.1) is 5.82 Å². The second kappa shape index (κ2) is 7.37. The minimum atomic E-state index is -0.471. The Hall–Kier alpha value is -3.54. The number of nitrogens with one attached hydrogen (secondary N) is 1. The number of hydrogen-bond donors (Lipinski definition) is 1. The van der Waals surface area contributed by atoms with Crippen LogP contribution < -0.4 is 10.1 Å². The van der Waals surface area contributed by atoms with Gasteiger partial charge < -0.3 is 10.1 Å². The highest BCUT2D eigenvalue weighted by Crippen LogP contribution is 2.39. The van der Waals surface area contributed by atoms with E-state index in [2.05, 4.69) is 10.3 Å². The van der Waals surface area contributed by atoms with Crippen LogP contribution in [0.25, 0.3) is 11.1 Å². The third kappa shape index (κ3) is 3.24. The highest BCUT2D eigenvalue weighted by molar-refractivity contribution is 6.06. The molecule has 0 radical (unpaired) electrons. The highest BCUT2D eigenvalue weighted by Gasteiger charge is 2.35. The lowest BCUT2D eigenvalue weighted by Crippen LogP contribution is -2.37. The number of carbonyl (C=O) groups is 2. The maximum Gasteiger partial charge on any atom is 0.228 e. The fraction of sp³-hybridized carbons (Fsp3) is 0.208. The van der Waals surface area contributed by atoms with Crippen molar-refractivity contribution in [3.63, 3.8) is 0 Å². The van der Waals surface area contributed by atoms with Gasteiger partial charge in [-0.1, -0.05) is 30.3 Å². The zero-order chi connectivity index (χ0) is 20.7. The van der Waals surface area contributed by atoms with Gasteiger partial charge in [-0.05, 0) is 23.8 Å². The molecule has 1 amide bonds. The predicted molar refractivity (Wildman–Crippen MR) is 109 cm³/mol. The largest absolute Gasteiger partial charge is 0.487 e. The van der Waals surface area contributed by atoms with E-state index in [0.717, 1.165) is 16.7 Å². The average Bonchev–Trinajstić information content (AvgIpc) is 3.33. The van der Waals surface area contributed by atoms with Gasteiger partial charge in [-0.3, -0.25) is 14.6 Å². The lowest BCUT2D eigenvalue weighted by atomic mass is 10.00. The summed E-state index contributed by atoms with van der Waals surface area (Å²) in [4.78, 5) is 29.0. The van der Waals surface area contributed by atoms with Crippen molar-refractivity contribution in [1.29, 1.82) is 0 Å². The van der Waals surface area contributed by atoms with Crippen molar-refractivity contribution in [2.75, 3.05) is 6.54 Å². The molecule has 2 unspecified atom stereocenters. The molecular formula is C24H19FN2O3. The van der Waals surface area contributed by atoms with Gasteiger partial charge in [0.1, 0.15) is 17.7 Å². The molecule has 1 aliphatic carbocycles. The Balaban J connectivity index is 1.30. The monoisotopic (exact) mass is 402 g/mol. The third-order valence-corrected chi connectivity index (χ3v) is 5.68. The second-order valence-corrected chi connectivity index (χ2v) is 7.64. The molecule has 1 aliphatic heterocycles. The first-order chi connectivity index (χ1) is 14.6. The number of hydrogen-bond acceptors (Lipinski definition) is 4. The first-order valence-electron chi connectivity index (χ1n) is 9.89. The molecule has 0 saturated heterocycles. The van der Waals surface area contributed by atoms with Gasteiger partial charge in [0.25, 0.3) is 0 Å². The van der Waals surface area contributed by atoms with Crippen LogP contribution in [0.4, 0.5) is 4.39 Å². The molecule has 1 aromatic heterocycles. The zero-order valence-electron chi connectivity index (χ0n) is 16.1. The Kier molecular flexibility index (Phi) is 4.54. The van der Waals surface area contributed by atoms with Crippen molar-refractivity contribution >= 4 is 11.7 Å². The molecule has 2 aliphatic rings. The predicted octanol–water partition coefficient (Wildman–Crippen LogP) is 3.68. The van der Waals surface area contributed by atoms with E-state index in [0.29, 0.717) is 23.3 Å². The number of fused-ring (bicyclic) bond motifs is 2. The maximum atomic E-state index is 14.2. The Bertz CT molecular complexity index is 1150. The molecule has 5 rings (SSSR count). The first-order valence-corrected chi connectivity index (χ1v) is 9.89. The number of Topliss-reactive ketones (excluding diaryl/α,β-unsaturated/α-hetero) is 1. The summed E-state index contributed by atoms with van der Waals surface area (Å²) in [6.45, 7) is 0.286. The average molecular weight is 402 g/mol. The van der Waals surface area contributed by atoms with E-state index in [4.69, 9.17) is 4.74 Å². The van der Waals surface area contributed by atoms with Gasteiger partial charge in [0.2, 0.25) is 5.91 Å². The minimum absolute atomic E-state index is 0.00754. The standard InChI is InChI=1S/C24H19FN2O3/c25-16-8-15-9-17(30-23(15)20(10-16)14-4-3-7-26-12-14)13-27-24(29)21-11-22(28)19-6-2-1-5-18(19)21/h1-8,10,12,17,21H,9,11,13H2,(H,27,29). The molecule has 0 fully saturated rings. The summed E-state index contributed by atoms with van der Waals surface area (Å²) < 4.78 is 20.2. The van der Waals surface area contributed by atoms with Gasteiger partial charge >= 0.3 is 0 Å². The summed E-state index contributed by atoms with van der Waals surface area (Å²) in [6.07, 6.45) is 3.72. The van der Waals surface area contributed by atoms with E-state index in [1.807, 2.05) is 18.2 Å². The van der Waals surface area contributed by atoms with Crippen molar-refractivity contribution in [1.82, 2.24) is 10.3 Å². The van der Waals surface area contributed by atoms with Gasteiger partial charge in [-0.15, -0.1) is 0 Å². The summed E-state index contributed by atoms with van der Waals surface area (Å²) in [5.41, 5.74) is 3.60. The Morgan fingerprint density at radius 2 is 2.00 bits per heavy atom. The summed E-state index contributed by atoms with van der Waals surface area (Å²) in [6, 6.07) is 13.8. The molecule has 30 heavy (non-hydrogen) atoms. The molecule has 3 aromatic rings. The SMILES string of the molecule is O=C1CC(C(=O)NCC2Cc3cc(F)cc(-c4cccnc4)c3O2)c2ccccc21. The number of nitrogens with zero attached hydrogens (tertiary/aromatic N) is 1. The van der Waals surface area contributed by atoms with E-state index in [1.54, 1.807) is 30.6 Å². The first kappa shape index (κ1) is 18.5. The molecule has 150 valence electrons. The number of carbonyl (C=O) groups excluding carboxylic acids is 2. The van der Waals surface area contributed by atoms with Crippen molar-refractivity contribution in [3.8, 4) is 16.9 Å². The number of aromatic nitrogens is 1. The van der Waals surface area contributed by atoms with E-state index >= 15 is 0 Å². The van der Waals surface area contributed by atoms with Crippen LogP contribution in [-0.2, 0) is 11.2 Å². The molecule has 2 aromatic carbocycles. The molecule has 5 nitrogen and oxygen atoms in total. The van der Waals surface area contributed by atoms with Crippen LogP contribution in [0.1, 0.15) is 33.8 Å². The van der Waals surface area contributed by atoms with Gasteiger partial charge in [0.05, 0.1) is 12.5 Å². The molecule has 0 bridgehead atoms. The zero-order valence-corrected chi connectivity index (χ0v) is 16.1. The normalized spacial score (nSPS) is 19.2. The van der Waals surface area contributed by atoms with E-state index in [1.165, 1.54) is 12.1 Å². The Morgan fingerprint density at radius 3 is 2.83 bits per heavy atom. The third-order valence-electron chi connectivity index (χ3n) is 5.68. The lowest BCUT2D eigenvalue weighted by Gasteiger charge is -2.16. The Labute approximate surface area is 172 Å². The van der Waals surface area contributed by atoms with E-state index < -0.39 is 5.92 Å². The molecule has 0 spiro atoms. The summed E-state index contributed by atoms with van der Waals surface area (Å²) in [7, 11) is 0. The smallest absolute Gasteiger partial charge is 0.228 e. The van der Waals surface area contributed by atoms with Crippen LogP contribution in [0.2, 0.25) is 0 Å². The number of pyridine rings is 1. The molecular weight excluding hydrogens is 383 g/mol. The quantitative estimate of drug-likeness (QED) is 0.723. The Morgan fingerprint density at radius 1 is 1.13 bits per heavy atom. The van der Waals surface area contributed by atoms with Gasteiger partial charge in [0, 0.05) is 47.5 Å². The van der Waals surface area contributed by atoms with Crippen LogP contribution >= 0.6 is 0 Å². The van der Waals surface area contributed by atoms with E-state index in [9.17, 15) is 14.0 Å². The number of amides is 1. The topological polar surface area (TPSA) is 68.3 Å². The van der Waals surface area contributed by atoms with Gasteiger partial charge in [-0.2, -0.15) is 0 Å². The summed E-state index contributed by atoms with van der Waals surface area (Å²) in [5, 5.41) is 2.91. The van der Waals surface area contributed by atoms with Crippen molar-refractivity contribution in [2.45, 2.75) is 24.9 Å². The molecule has 0 saturated carbocycles. The molecule has 6 heteroatoms. The van der Waals surface area contributed by atoms with Crippen molar-refractivity contribution < 1.29 is 18.7 Å². The number of halogens is 1. The molecule has 1 N–H and O–H groups in total. The van der Waals surface area contributed by atoms with Crippen LogP contribution in [-0.4, -0.2) is 29.3 Å². The van der Waals surface area contributed by atoms with Gasteiger partial charge in [0.15, 0.2) is 5.78 Å². The second-order valence-electron chi connectivity index (χ2n) is 7.64. The number of benzene rings is 2. The maximum absolute atomic E-state index is 14.2. The number of ketones is 1. The minimum Gasteiger partial charge on any atom is -0.487 e. The van der Waals surface area contributed by atoms with Gasteiger partial charge in [-0.25, -0.2) is 4.39 Å². The highest BCUT2D eigenvalue weighted by atomic mass is 19.1. The van der Waals surface area contributed by atoms with Crippen LogP contribution in [0.15, 0.2) is 60.9 Å². The van der Waals surface area contributed by atoms with Crippen LogP contribution in [0.3, 0.4) is 0 Å². The molecule has 2 heterocycles.